The van der Waals surface area contributed by atoms with E-state index in [-0.39, 0.29) is 82.9 Å². The maximum atomic E-state index is 8.93. The molecule has 10 heavy (non-hydrogen) atoms. The van der Waals surface area contributed by atoms with Crippen LogP contribution >= 0.6 is 0 Å². The molecule has 0 atom stereocenters. The van der Waals surface area contributed by atoms with Crippen molar-refractivity contribution in [1.29, 1.82) is 0 Å². The van der Waals surface area contributed by atoms with Crippen LogP contribution in [0, 0.1) is 0 Å². The Labute approximate surface area is 113 Å². The zero-order chi connectivity index (χ0) is 5.15. The molecule has 0 radical (unpaired) electrons. The van der Waals surface area contributed by atoms with Gasteiger partial charge in [-0.25, -0.2) is 0 Å². The van der Waals surface area contributed by atoms with Gasteiger partial charge in [0.1, 0.15) is 0 Å². The van der Waals surface area contributed by atoms with E-state index < -0.39 is 11.9 Å². The van der Waals surface area contributed by atoms with Gasteiger partial charge in [-0.15, -0.1) is 0 Å². The van der Waals surface area contributed by atoms with Crippen LogP contribution in [0.25, 0.3) is 0 Å². The van der Waals surface area contributed by atoms with E-state index in [1.165, 1.54) is 0 Å². The van der Waals surface area contributed by atoms with Gasteiger partial charge < -0.3 is 30.8 Å². The van der Waals surface area contributed by atoms with E-state index in [1.807, 2.05) is 0 Å². The van der Waals surface area contributed by atoms with Gasteiger partial charge in [-0.3, -0.25) is 0 Å². The van der Waals surface area contributed by atoms with E-state index >= 15 is 0 Å². The normalized spacial score (nSPS) is 4.40. The van der Waals surface area contributed by atoms with Crippen molar-refractivity contribution in [3.63, 3.8) is 0 Å². The molecule has 0 amide bonds. The van der Waals surface area contributed by atoms with Crippen molar-refractivity contribution < 1.29 is 30.8 Å². The third-order valence-electron chi connectivity index (χ3n) is 0.167. The fraction of sp³-hybridized carbons (Fsp3) is 0. The molecular weight excluding hydrogens is 282 g/mol. The maximum Gasteiger partial charge on any atom is 2.00 e. The molecule has 0 aromatic rings. The number of carboxylic acids is 2. The molecule has 0 spiro atoms. The zero-order valence-electron chi connectivity index (χ0n) is 4.94. The van der Waals surface area contributed by atoms with Gasteiger partial charge in [-0.2, -0.15) is 0 Å². The molecule has 0 rings (SSSR count). The second-order valence-electron chi connectivity index (χ2n) is 0.575. The number of hydrogen-bond donors (Lipinski definition) is 0. The van der Waals surface area contributed by atoms with Crippen LogP contribution in [0.1, 0.15) is 0 Å². The molecule has 0 aliphatic rings. The van der Waals surface area contributed by atoms with Gasteiger partial charge in [0, 0.05) is 0 Å². The molecule has 0 heterocycles. The summed E-state index contributed by atoms with van der Waals surface area (Å²) < 4.78 is 0. The molecule has 8 heteroatoms. The van der Waals surface area contributed by atoms with E-state index in [0.717, 1.165) is 0 Å². The van der Waals surface area contributed by atoms with Gasteiger partial charge in [-0.05, 0) is 0 Å². The van der Waals surface area contributed by atoms with E-state index in [9.17, 15) is 0 Å². The summed E-state index contributed by atoms with van der Waals surface area (Å²) in [5, 5.41) is 17.9. The van der Waals surface area contributed by atoms with Crippen molar-refractivity contribution in [1.82, 2.24) is 0 Å². The van der Waals surface area contributed by atoms with Gasteiger partial charge in [0.05, 0.1) is 11.9 Å². The van der Waals surface area contributed by atoms with Crippen molar-refractivity contribution in [3.05, 3.63) is 0 Å². The summed E-state index contributed by atoms with van der Waals surface area (Å²) in [7, 11) is 0. The fourth-order valence-corrected chi connectivity index (χ4v) is 0. The van der Waals surface area contributed by atoms with Gasteiger partial charge in [0.2, 0.25) is 0 Å². The minimum atomic E-state index is -2.19. The zero-order valence-corrected chi connectivity index (χ0v) is 10.8. The first-order chi connectivity index (χ1) is 2.64. The van der Waals surface area contributed by atoms with Crippen LogP contribution in [0.2, 0.25) is 0 Å². The Morgan fingerprint density at radius 1 is 0.900 bits per heavy atom. The molecular formula is C2H2BaMgO6. The van der Waals surface area contributed by atoms with E-state index in [4.69, 9.17) is 19.8 Å². The quantitative estimate of drug-likeness (QED) is 0.323. The Morgan fingerprint density at radius 3 is 1.00 bits per heavy atom. The van der Waals surface area contributed by atoms with Crippen molar-refractivity contribution in [2.24, 2.45) is 0 Å². The third kappa shape index (κ3) is 22.9. The van der Waals surface area contributed by atoms with Crippen molar-refractivity contribution in [3.8, 4) is 0 Å². The standard InChI is InChI=1S/C2H2O4.Ba.Mg.2H2O/c3-1(4)2(5)6;;;;/h(H,3,4)(H,5,6);;;2*1H2/q;2*+2;;/p-4. The number of hydrogen-bond acceptors (Lipinski definition) is 6. The predicted octanol–water partition coefficient (Wildman–Crippen LogP) is -4.63. The van der Waals surface area contributed by atoms with Crippen molar-refractivity contribution >= 4 is 83.9 Å². The van der Waals surface area contributed by atoms with Crippen LogP contribution in [0.4, 0.5) is 0 Å². The second kappa shape index (κ2) is 16.7. The van der Waals surface area contributed by atoms with Crippen LogP contribution in [0.3, 0.4) is 0 Å². The van der Waals surface area contributed by atoms with Crippen LogP contribution < -0.4 is 10.2 Å². The number of carboxylic acid groups (broad SMARTS) is 2. The average Bonchev–Trinajstić information content (AvgIpc) is 1.36. The number of carbonyl (C=O) groups excluding carboxylic acids is 2. The molecule has 0 aromatic heterocycles. The van der Waals surface area contributed by atoms with E-state index in [1.54, 1.807) is 0 Å². The Bertz CT molecular complexity index is 81.7. The van der Waals surface area contributed by atoms with Crippen LogP contribution in [0.15, 0.2) is 0 Å². The topological polar surface area (TPSA) is 140 Å². The summed E-state index contributed by atoms with van der Waals surface area (Å²) in [4.78, 5) is 17.9. The summed E-state index contributed by atoms with van der Waals surface area (Å²) >= 11 is 0. The predicted molar refractivity (Wildman–Crippen MR) is 25.4 cm³/mol. The molecule has 0 aliphatic carbocycles. The van der Waals surface area contributed by atoms with E-state index in [0.29, 0.717) is 0 Å². The van der Waals surface area contributed by atoms with Gasteiger partial charge in [0.15, 0.2) is 0 Å². The Morgan fingerprint density at radius 2 is 1.00 bits per heavy atom. The molecule has 50 valence electrons. The van der Waals surface area contributed by atoms with E-state index in [2.05, 4.69) is 0 Å². The molecule has 0 fully saturated rings. The minimum absolute atomic E-state index is 0. The first-order valence-electron chi connectivity index (χ1n) is 1.07. The largest absolute Gasteiger partial charge is 2.00 e. The Hall–Kier alpha value is 1.20. The summed E-state index contributed by atoms with van der Waals surface area (Å²) in [6.07, 6.45) is 0. The average molecular weight is 284 g/mol. The summed E-state index contributed by atoms with van der Waals surface area (Å²) in [6, 6.07) is 0. The van der Waals surface area contributed by atoms with Gasteiger partial charge in [-0.1, -0.05) is 0 Å². The first kappa shape index (κ1) is 30.3. The third-order valence-corrected chi connectivity index (χ3v) is 0.167. The molecule has 0 bridgehead atoms. The Kier molecular flexibility index (Phi) is 50.5. The fourth-order valence-electron chi connectivity index (χ4n) is 0. The Balaban J connectivity index is -0.0000000208. The van der Waals surface area contributed by atoms with Crippen LogP contribution in [0.5, 0.6) is 0 Å². The summed E-state index contributed by atoms with van der Waals surface area (Å²) in [5.41, 5.74) is 0. The maximum absolute atomic E-state index is 8.93. The minimum Gasteiger partial charge on any atom is -0.870 e. The summed E-state index contributed by atoms with van der Waals surface area (Å²) in [5.74, 6) is -4.37. The smallest absolute Gasteiger partial charge is 0.870 e. The number of carbonyl (C=O) groups is 2. The molecule has 0 aromatic carbocycles. The molecule has 2 N–H and O–H groups in total. The molecule has 0 aliphatic heterocycles. The molecule has 0 unspecified atom stereocenters. The second-order valence-corrected chi connectivity index (χ2v) is 0.575. The number of aliphatic carboxylic acids is 2. The van der Waals surface area contributed by atoms with Crippen molar-refractivity contribution in [2.45, 2.75) is 0 Å². The van der Waals surface area contributed by atoms with Crippen LogP contribution in [-0.4, -0.2) is 94.8 Å². The van der Waals surface area contributed by atoms with Crippen molar-refractivity contribution in [2.75, 3.05) is 0 Å². The van der Waals surface area contributed by atoms with Gasteiger partial charge in [0.25, 0.3) is 0 Å². The first-order valence-corrected chi connectivity index (χ1v) is 1.07. The molecule has 0 saturated carbocycles. The van der Waals surface area contributed by atoms with Gasteiger partial charge >= 0.3 is 71.9 Å². The number of rotatable bonds is 0. The molecule has 6 nitrogen and oxygen atoms in total. The SMILES string of the molecule is O=C([O-])C(=O)[O-].[Ba+2].[Mg+2].[OH-].[OH-]. The molecule has 0 saturated heterocycles. The monoisotopic (exact) mass is 284 g/mol. The van der Waals surface area contributed by atoms with Crippen LogP contribution in [-0.2, 0) is 9.59 Å². The summed E-state index contributed by atoms with van der Waals surface area (Å²) in [6.45, 7) is 0.